The molecule has 0 radical (unpaired) electrons. The molecule has 166 valence electrons. The maximum Gasteiger partial charge on any atom is 0.322 e. The van der Waals surface area contributed by atoms with E-state index in [1.807, 2.05) is 24.3 Å². The van der Waals surface area contributed by atoms with E-state index in [2.05, 4.69) is 24.1 Å². The summed E-state index contributed by atoms with van der Waals surface area (Å²) in [5.74, 6) is 5.62. The molecule has 0 spiro atoms. The first kappa shape index (κ1) is 21.8. The standard InChI is InChI=1S/C25H26FN3O3/c1-2-3-4-5-17-6-8-18(9-7-17)24-21-14-28(15-23(31)29(21)22(24)16-30)25(32)27-20-12-10-19(26)11-13-20/h6-13,21-22,24,30H,2-3,14-16H2,1H3,(H,27,32)/t21-,22+,24-/m0/s1. The predicted octanol–water partition coefficient (Wildman–Crippen LogP) is 3.18. The van der Waals surface area contributed by atoms with Crippen LogP contribution in [0.25, 0.3) is 0 Å². The van der Waals surface area contributed by atoms with Crippen molar-refractivity contribution in [3.63, 3.8) is 0 Å². The van der Waals surface area contributed by atoms with E-state index in [4.69, 9.17) is 0 Å². The summed E-state index contributed by atoms with van der Waals surface area (Å²) < 4.78 is 13.1. The van der Waals surface area contributed by atoms with Gasteiger partial charge in [-0.05, 0) is 48.4 Å². The fourth-order valence-corrected chi connectivity index (χ4v) is 4.47. The molecule has 4 rings (SSSR count). The first-order chi connectivity index (χ1) is 15.5. The van der Waals surface area contributed by atoms with Crippen LogP contribution in [0.5, 0.6) is 0 Å². The number of aliphatic hydroxyl groups is 1. The van der Waals surface area contributed by atoms with Crippen LogP contribution in [0.2, 0.25) is 0 Å². The van der Waals surface area contributed by atoms with Crippen LogP contribution in [-0.4, -0.2) is 58.6 Å². The van der Waals surface area contributed by atoms with E-state index in [1.165, 1.54) is 29.2 Å². The number of unbranched alkanes of at least 4 members (excludes halogenated alkanes) is 1. The summed E-state index contributed by atoms with van der Waals surface area (Å²) in [5.41, 5.74) is 2.41. The number of piperazine rings is 1. The second-order valence-corrected chi connectivity index (χ2v) is 8.14. The lowest BCUT2D eigenvalue weighted by atomic mass is 9.73. The first-order valence-electron chi connectivity index (χ1n) is 10.8. The highest BCUT2D eigenvalue weighted by Gasteiger charge is 2.54. The molecular formula is C25H26FN3O3. The molecule has 2 aliphatic rings. The molecule has 0 aliphatic carbocycles. The molecule has 2 fully saturated rings. The lowest BCUT2D eigenvalue weighted by Crippen LogP contribution is -2.73. The number of urea groups is 1. The third-order valence-electron chi connectivity index (χ3n) is 6.04. The molecule has 0 bridgehead atoms. The second-order valence-electron chi connectivity index (χ2n) is 8.14. The summed E-state index contributed by atoms with van der Waals surface area (Å²) in [7, 11) is 0. The summed E-state index contributed by atoms with van der Waals surface area (Å²) in [6, 6.07) is 12.5. The number of nitrogens with zero attached hydrogens (tertiary/aromatic N) is 2. The van der Waals surface area contributed by atoms with Crippen molar-refractivity contribution in [1.29, 1.82) is 0 Å². The molecule has 7 heteroatoms. The Kier molecular flexibility index (Phi) is 6.42. The number of hydrogen-bond acceptors (Lipinski definition) is 3. The Morgan fingerprint density at radius 2 is 1.91 bits per heavy atom. The van der Waals surface area contributed by atoms with Gasteiger partial charge < -0.3 is 20.2 Å². The van der Waals surface area contributed by atoms with Gasteiger partial charge in [-0.2, -0.15) is 0 Å². The Hall–Kier alpha value is -3.37. The molecule has 2 aliphatic heterocycles. The van der Waals surface area contributed by atoms with Crippen molar-refractivity contribution in [2.75, 3.05) is 25.0 Å². The Balaban J connectivity index is 1.48. The minimum atomic E-state index is -0.405. The second kappa shape index (κ2) is 9.41. The van der Waals surface area contributed by atoms with Gasteiger partial charge in [0.25, 0.3) is 0 Å². The zero-order valence-corrected chi connectivity index (χ0v) is 17.9. The van der Waals surface area contributed by atoms with E-state index in [1.54, 1.807) is 4.90 Å². The van der Waals surface area contributed by atoms with E-state index < -0.39 is 6.03 Å². The van der Waals surface area contributed by atoms with Crippen molar-refractivity contribution < 1.29 is 19.1 Å². The molecule has 0 unspecified atom stereocenters. The van der Waals surface area contributed by atoms with Crippen LogP contribution in [0.4, 0.5) is 14.9 Å². The zero-order valence-electron chi connectivity index (χ0n) is 17.9. The minimum Gasteiger partial charge on any atom is -0.394 e. The summed E-state index contributed by atoms with van der Waals surface area (Å²) in [4.78, 5) is 28.6. The van der Waals surface area contributed by atoms with Crippen LogP contribution in [0, 0.1) is 17.7 Å². The molecule has 32 heavy (non-hydrogen) atoms. The Bertz CT molecular complexity index is 1040. The number of halogens is 1. The third kappa shape index (κ3) is 4.32. The van der Waals surface area contributed by atoms with Gasteiger partial charge >= 0.3 is 6.03 Å². The average Bonchev–Trinajstić information content (AvgIpc) is 2.78. The van der Waals surface area contributed by atoms with Gasteiger partial charge in [-0.3, -0.25) is 4.79 Å². The zero-order chi connectivity index (χ0) is 22.7. The Morgan fingerprint density at radius 3 is 2.56 bits per heavy atom. The van der Waals surface area contributed by atoms with E-state index in [-0.39, 0.29) is 42.9 Å². The van der Waals surface area contributed by atoms with Gasteiger partial charge in [-0.25, -0.2) is 9.18 Å². The summed E-state index contributed by atoms with van der Waals surface area (Å²) in [5, 5.41) is 12.6. The maximum absolute atomic E-state index is 13.1. The van der Waals surface area contributed by atoms with Crippen LogP contribution < -0.4 is 5.32 Å². The van der Waals surface area contributed by atoms with Gasteiger partial charge in [-0.1, -0.05) is 30.9 Å². The van der Waals surface area contributed by atoms with Gasteiger partial charge in [0.2, 0.25) is 5.91 Å². The van der Waals surface area contributed by atoms with Gasteiger partial charge in [-0.15, -0.1) is 0 Å². The Morgan fingerprint density at radius 1 is 1.19 bits per heavy atom. The molecule has 2 heterocycles. The number of carbonyl (C=O) groups is 2. The minimum absolute atomic E-state index is 0.0568. The predicted molar refractivity (Wildman–Crippen MR) is 119 cm³/mol. The smallest absolute Gasteiger partial charge is 0.322 e. The summed E-state index contributed by atoms with van der Waals surface area (Å²) in [6.45, 7) is 2.26. The van der Waals surface area contributed by atoms with E-state index >= 15 is 0 Å². The first-order valence-corrected chi connectivity index (χ1v) is 10.8. The number of amides is 3. The number of fused-ring (bicyclic) bond motifs is 1. The highest BCUT2D eigenvalue weighted by Crippen LogP contribution is 2.43. The van der Waals surface area contributed by atoms with E-state index in [0.717, 1.165) is 24.0 Å². The monoisotopic (exact) mass is 435 g/mol. The fourth-order valence-electron chi connectivity index (χ4n) is 4.47. The molecule has 0 saturated carbocycles. The molecule has 2 aromatic carbocycles. The normalized spacial score (nSPS) is 21.8. The Labute approximate surface area is 187 Å². The number of carbonyl (C=O) groups excluding carboxylic acids is 2. The highest BCUT2D eigenvalue weighted by molar-refractivity contribution is 5.93. The largest absolute Gasteiger partial charge is 0.394 e. The number of benzene rings is 2. The quantitative estimate of drug-likeness (QED) is 0.725. The highest BCUT2D eigenvalue weighted by atomic mass is 19.1. The van der Waals surface area contributed by atoms with E-state index in [9.17, 15) is 19.1 Å². The van der Waals surface area contributed by atoms with Crippen molar-refractivity contribution >= 4 is 17.6 Å². The van der Waals surface area contributed by atoms with Gasteiger partial charge in [0.15, 0.2) is 0 Å². The number of nitrogens with one attached hydrogen (secondary N) is 1. The van der Waals surface area contributed by atoms with Gasteiger partial charge in [0.1, 0.15) is 12.4 Å². The average molecular weight is 435 g/mol. The molecule has 3 amide bonds. The van der Waals surface area contributed by atoms with Crippen molar-refractivity contribution in [3.05, 3.63) is 65.5 Å². The molecular weight excluding hydrogens is 409 g/mol. The number of hydrogen-bond donors (Lipinski definition) is 2. The topological polar surface area (TPSA) is 72.9 Å². The number of anilines is 1. The van der Waals surface area contributed by atoms with E-state index in [0.29, 0.717) is 12.2 Å². The fraction of sp³-hybridized carbons (Fsp3) is 0.360. The summed E-state index contributed by atoms with van der Waals surface area (Å²) >= 11 is 0. The lowest BCUT2D eigenvalue weighted by molar-refractivity contribution is -0.159. The van der Waals surface area contributed by atoms with Crippen molar-refractivity contribution in [2.24, 2.45) is 0 Å². The SMILES string of the molecule is CCCC#Cc1ccc([C@@H]2[C@@H](CO)N3C(=O)CN(C(=O)Nc4ccc(F)cc4)C[C@@H]23)cc1. The third-order valence-corrected chi connectivity index (χ3v) is 6.04. The van der Waals surface area contributed by atoms with Gasteiger partial charge in [0, 0.05) is 30.1 Å². The number of rotatable bonds is 4. The van der Waals surface area contributed by atoms with Crippen molar-refractivity contribution in [3.8, 4) is 11.8 Å². The van der Waals surface area contributed by atoms with Crippen LogP contribution in [0.1, 0.15) is 36.8 Å². The van der Waals surface area contributed by atoms with Crippen LogP contribution >= 0.6 is 0 Å². The lowest BCUT2D eigenvalue weighted by Gasteiger charge is -2.58. The van der Waals surface area contributed by atoms with Crippen molar-refractivity contribution in [2.45, 2.75) is 37.8 Å². The van der Waals surface area contributed by atoms with Crippen LogP contribution in [-0.2, 0) is 4.79 Å². The van der Waals surface area contributed by atoms with Crippen molar-refractivity contribution in [1.82, 2.24) is 9.80 Å². The molecule has 0 aromatic heterocycles. The number of aliphatic hydroxyl groups excluding tert-OH is 1. The maximum atomic E-state index is 13.1. The molecule has 3 atom stereocenters. The van der Waals surface area contributed by atoms with Crippen LogP contribution in [0.3, 0.4) is 0 Å². The van der Waals surface area contributed by atoms with Crippen LogP contribution in [0.15, 0.2) is 48.5 Å². The van der Waals surface area contributed by atoms with Gasteiger partial charge in [0.05, 0.1) is 18.7 Å². The molecule has 2 N–H and O–H groups in total. The molecule has 2 aromatic rings. The molecule has 2 saturated heterocycles. The molecule has 6 nitrogen and oxygen atoms in total. The summed E-state index contributed by atoms with van der Waals surface area (Å²) in [6.07, 6.45) is 1.87.